The van der Waals surface area contributed by atoms with E-state index in [2.05, 4.69) is 38.5 Å². The number of phenols is 1. The van der Waals surface area contributed by atoms with E-state index in [1.165, 1.54) is 6.07 Å². The van der Waals surface area contributed by atoms with Crippen LogP contribution in [0.5, 0.6) is 5.75 Å². The number of nitrogens with zero attached hydrogens (tertiary/aromatic N) is 1. The van der Waals surface area contributed by atoms with E-state index in [1.54, 1.807) is 24.1 Å². The number of hydrogen-bond donors (Lipinski definition) is 1. The number of alkyl halides is 1. The van der Waals surface area contributed by atoms with Crippen LogP contribution in [0.25, 0.3) is 0 Å². The van der Waals surface area contributed by atoms with Gasteiger partial charge in [0, 0.05) is 29.1 Å². The van der Waals surface area contributed by atoms with Crippen molar-refractivity contribution in [3.8, 4) is 5.75 Å². The quantitative estimate of drug-likeness (QED) is 0.560. The highest BCUT2D eigenvalue weighted by Crippen LogP contribution is 2.21. The van der Waals surface area contributed by atoms with E-state index >= 15 is 0 Å². The van der Waals surface area contributed by atoms with Crippen LogP contribution in [-0.2, 0) is 4.74 Å². The van der Waals surface area contributed by atoms with Crippen LogP contribution in [0.15, 0.2) is 18.2 Å². The molecule has 1 aromatic rings. The van der Waals surface area contributed by atoms with Crippen LogP contribution in [0.3, 0.4) is 0 Å². The molecule has 0 aliphatic carbocycles. The third-order valence-electron chi connectivity index (χ3n) is 2.40. The molecule has 0 aliphatic rings. The van der Waals surface area contributed by atoms with Crippen molar-refractivity contribution in [2.45, 2.75) is 0 Å². The van der Waals surface area contributed by atoms with Gasteiger partial charge in [0.25, 0.3) is 5.91 Å². The second-order valence-corrected chi connectivity index (χ2v) is 5.67. The maximum atomic E-state index is 12.3. The summed E-state index contributed by atoms with van der Waals surface area (Å²) in [6.07, 6.45) is 0. The molecular weight excluding hydrogens is 413 g/mol. The number of ether oxygens (including phenoxy) is 1. The Labute approximate surface area is 129 Å². The Balaban J connectivity index is 2.90. The van der Waals surface area contributed by atoms with Crippen LogP contribution in [0.4, 0.5) is 0 Å². The Bertz CT molecular complexity index is 414. The van der Waals surface area contributed by atoms with Gasteiger partial charge in [-0.2, -0.15) is 0 Å². The maximum Gasteiger partial charge on any atom is 0.257 e. The van der Waals surface area contributed by atoms with Crippen molar-refractivity contribution in [1.82, 2.24) is 4.90 Å². The summed E-state index contributed by atoms with van der Waals surface area (Å²) < 4.78 is 5.90. The van der Waals surface area contributed by atoms with Crippen LogP contribution in [0.2, 0.25) is 0 Å². The van der Waals surface area contributed by atoms with Crippen molar-refractivity contribution in [3.05, 3.63) is 27.3 Å². The van der Waals surface area contributed by atoms with Gasteiger partial charge in [-0.05, 0) is 40.8 Å². The minimum atomic E-state index is -0.178. The molecule has 1 aromatic carbocycles. The highest BCUT2D eigenvalue weighted by Gasteiger charge is 2.18. The molecule has 0 atom stereocenters. The molecule has 1 N–H and O–H groups in total. The first kappa shape index (κ1) is 15.7. The van der Waals surface area contributed by atoms with E-state index in [4.69, 9.17) is 4.74 Å². The molecule has 0 fully saturated rings. The molecular formula is C12H15BrINO3. The lowest BCUT2D eigenvalue weighted by Gasteiger charge is -2.22. The topological polar surface area (TPSA) is 49.8 Å². The summed E-state index contributed by atoms with van der Waals surface area (Å²) in [5, 5.41) is 10.4. The fourth-order valence-electron chi connectivity index (χ4n) is 1.47. The monoisotopic (exact) mass is 427 g/mol. The SMILES string of the molecule is COCCN(CCBr)C(=O)c1cc(I)ccc1O. The molecule has 0 saturated heterocycles. The Morgan fingerprint density at radius 2 is 2.22 bits per heavy atom. The summed E-state index contributed by atoms with van der Waals surface area (Å²) in [7, 11) is 1.60. The van der Waals surface area contributed by atoms with Gasteiger partial charge < -0.3 is 14.7 Å². The molecule has 1 rings (SSSR count). The van der Waals surface area contributed by atoms with E-state index in [1.807, 2.05) is 0 Å². The highest BCUT2D eigenvalue weighted by atomic mass is 127. The van der Waals surface area contributed by atoms with E-state index in [9.17, 15) is 9.90 Å². The van der Waals surface area contributed by atoms with Crippen LogP contribution in [0.1, 0.15) is 10.4 Å². The molecule has 0 saturated carbocycles. The number of carbonyl (C=O) groups is 1. The molecule has 1 amide bonds. The Morgan fingerprint density at radius 1 is 1.50 bits per heavy atom. The second-order valence-electron chi connectivity index (χ2n) is 3.64. The van der Waals surface area contributed by atoms with E-state index in [-0.39, 0.29) is 11.7 Å². The molecule has 0 unspecified atom stereocenters. The standard InChI is InChI=1S/C12H15BrINO3/c1-18-7-6-15(5-4-13)12(17)10-8-9(14)2-3-11(10)16/h2-3,8,16H,4-7H2,1H3. The Kier molecular flexibility index (Phi) is 6.95. The van der Waals surface area contributed by atoms with E-state index in [0.29, 0.717) is 30.6 Å². The van der Waals surface area contributed by atoms with Crippen LogP contribution in [0, 0.1) is 3.57 Å². The number of amides is 1. The van der Waals surface area contributed by atoms with Gasteiger partial charge >= 0.3 is 0 Å². The number of aromatic hydroxyl groups is 1. The lowest BCUT2D eigenvalue weighted by Crippen LogP contribution is -2.35. The number of benzene rings is 1. The fraction of sp³-hybridized carbons (Fsp3) is 0.417. The molecule has 6 heteroatoms. The molecule has 0 aromatic heterocycles. The molecule has 100 valence electrons. The van der Waals surface area contributed by atoms with Gasteiger partial charge in [-0.15, -0.1) is 0 Å². The van der Waals surface area contributed by atoms with Gasteiger partial charge in [-0.1, -0.05) is 15.9 Å². The lowest BCUT2D eigenvalue weighted by molar-refractivity contribution is 0.0706. The van der Waals surface area contributed by atoms with Gasteiger partial charge in [0.1, 0.15) is 5.75 Å². The van der Waals surface area contributed by atoms with E-state index in [0.717, 1.165) is 3.57 Å². The zero-order valence-electron chi connectivity index (χ0n) is 10.0. The summed E-state index contributed by atoms with van der Waals surface area (Å²) in [6, 6.07) is 4.99. The molecule has 0 heterocycles. The third kappa shape index (κ3) is 4.40. The summed E-state index contributed by atoms with van der Waals surface area (Å²) >= 11 is 5.43. The number of halogens is 2. The number of hydrogen-bond acceptors (Lipinski definition) is 3. The van der Waals surface area contributed by atoms with Crippen molar-refractivity contribution in [3.63, 3.8) is 0 Å². The Hall–Kier alpha value is -0.340. The average Bonchev–Trinajstić information content (AvgIpc) is 2.36. The summed E-state index contributed by atoms with van der Waals surface area (Å²) in [4.78, 5) is 14.0. The smallest absolute Gasteiger partial charge is 0.257 e. The largest absolute Gasteiger partial charge is 0.507 e. The van der Waals surface area contributed by atoms with Crippen molar-refractivity contribution in [1.29, 1.82) is 0 Å². The minimum absolute atomic E-state index is 0.0115. The first-order valence-electron chi connectivity index (χ1n) is 5.42. The van der Waals surface area contributed by atoms with Gasteiger partial charge in [0.2, 0.25) is 0 Å². The van der Waals surface area contributed by atoms with Crippen LogP contribution in [-0.4, -0.2) is 48.0 Å². The number of rotatable bonds is 6. The normalized spacial score (nSPS) is 10.4. The molecule has 0 radical (unpaired) electrons. The lowest BCUT2D eigenvalue weighted by atomic mass is 10.1. The number of carbonyl (C=O) groups excluding carboxylic acids is 1. The van der Waals surface area contributed by atoms with Gasteiger partial charge in [0.05, 0.1) is 12.2 Å². The predicted octanol–water partition coefficient (Wildman–Crippen LogP) is 2.48. The first-order chi connectivity index (χ1) is 8.60. The van der Waals surface area contributed by atoms with Crippen molar-refractivity contribution in [2.24, 2.45) is 0 Å². The zero-order chi connectivity index (χ0) is 13.5. The van der Waals surface area contributed by atoms with Crippen molar-refractivity contribution < 1.29 is 14.6 Å². The summed E-state index contributed by atoms with van der Waals surface area (Å²) in [5.41, 5.74) is 0.332. The average molecular weight is 428 g/mol. The van der Waals surface area contributed by atoms with Gasteiger partial charge in [-0.3, -0.25) is 4.79 Å². The van der Waals surface area contributed by atoms with Crippen LogP contribution < -0.4 is 0 Å². The zero-order valence-corrected chi connectivity index (χ0v) is 13.8. The molecule has 4 nitrogen and oxygen atoms in total. The summed E-state index contributed by atoms with van der Waals surface area (Å²) in [5.74, 6) is -0.167. The molecule has 0 bridgehead atoms. The first-order valence-corrected chi connectivity index (χ1v) is 7.63. The van der Waals surface area contributed by atoms with Crippen molar-refractivity contribution in [2.75, 3.05) is 32.1 Å². The van der Waals surface area contributed by atoms with Crippen molar-refractivity contribution >= 4 is 44.4 Å². The molecule has 18 heavy (non-hydrogen) atoms. The number of methoxy groups -OCH3 is 1. The Morgan fingerprint density at radius 3 is 2.83 bits per heavy atom. The summed E-state index contributed by atoms with van der Waals surface area (Å²) in [6.45, 7) is 1.56. The second kappa shape index (κ2) is 7.96. The number of phenolic OH excluding ortho intramolecular Hbond substituents is 1. The predicted molar refractivity (Wildman–Crippen MR) is 82.4 cm³/mol. The minimum Gasteiger partial charge on any atom is -0.507 e. The van der Waals surface area contributed by atoms with Gasteiger partial charge in [0.15, 0.2) is 0 Å². The highest BCUT2D eigenvalue weighted by molar-refractivity contribution is 14.1. The third-order valence-corrected chi connectivity index (χ3v) is 3.42. The van der Waals surface area contributed by atoms with Crippen LogP contribution >= 0.6 is 38.5 Å². The fourth-order valence-corrected chi connectivity index (χ4v) is 2.39. The van der Waals surface area contributed by atoms with E-state index < -0.39 is 0 Å². The van der Waals surface area contributed by atoms with Gasteiger partial charge in [-0.25, -0.2) is 0 Å². The maximum absolute atomic E-state index is 12.3. The molecule has 0 aliphatic heterocycles. The molecule has 0 spiro atoms.